The van der Waals surface area contributed by atoms with Gasteiger partial charge in [-0.2, -0.15) is 4.39 Å². The first kappa shape index (κ1) is 12.0. The fourth-order valence-corrected chi connectivity index (χ4v) is 2.60. The maximum Gasteiger partial charge on any atom is 0.212 e. The lowest BCUT2D eigenvalue weighted by atomic mass is 9.87. The first-order valence-electron chi connectivity index (χ1n) is 6.42. The number of nitrogens with zero attached hydrogens (tertiary/aromatic N) is 1. The number of hydrogen-bond acceptors (Lipinski definition) is 3. The number of halogens is 1. The van der Waals surface area contributed by atoms with Crippen molar-refractivity contribution in [3.8, 4) is 5.75 Å². The van der Waals surface area contributed by atoms with Crippen molar-refractivity contribution < 1.29 is 9.50 Å². The molecule has 0 fully saturated rings. The molecule has 0 aliphatic heterocycles. The third kappa shape index (κ3) is 2.52. The first-order chi connectivity index (χ1) is 9.22. The van der Waals surface area contributed by atoms with Gasteiger partial charge >= 0.3 is 0 Å². The molecule has 1 aliphatic carbocycles. The second kappa shape index (κ2) is 4.88. The van der Waals surface area contributed by atoms with Gasteiger partial charge in [0.05, 0.1) is 17.9 Å². The summed E-state index contributed by atoms with van der Waals surface area (Å²) >= 11 is 0. The van der Waals surface area contributed by atoms with E-state index >= 15 is 0 Å². The van der Waals surface area contributed by atoms with Gasteiger partial charge in [-0.1, -0.05) is 6.07 Å². The number of rotatable bonds is 2. The van der Waals surface area contributed by atoms with Gasteiger partial charge in [-0.3, -0.25) is 0 Å². The van der Waals surface area contributed by atoms with Crippen LogP contribution in [0.3, 0.4) is 0 Å². The Kier molecular flexibility index (Phi) is 3.07. The normalized spacial score (nSPS) is 17.8. The lowest BCUT2D eigenvalue weighted by molar-refractivity contribution is 0.471. The number of hydrogen-bond donors (Lipinski definition) is 2. The van der Waals surface area contributed by atoms with Crippen LogP contribution in [0.25, 0.3) is 0 Å². The lowest BCUT2D eigenvalue weighted by Crippen LogP contribution is -2.17. The molecule has 0 saturated carbocycles. The van der Waals surface area contributed by atoms with E-state index in [1.807, 2.05) is 12.1 Å². The highest BCUT2D eigenvalue weighted by Crippen LogP contribution is 2.34. The van der Waals surface area contributed by atoms with Crippen molar-refractivity contribution in [2.45, 2.75) is 25.3 Å². The average molecular weight is 258 g/mol. The van der Waals surface area contributed by atoms with Crippen LogP contribution in [-0.2, 0) is 6.42 Å². The van der Waals surface area contributed by atoms with Crippen LogP contribution in [0.4, 0.5) is 10.1 Å². The smallest absolute Gasteiger partial charge is 0.212 e. The molecule has 1 aromatic carbocycles. The van der Waals surface area contributed by atoms with Crippen molar-refractivity contribution in [2.24, 2.45) is 0 Å². The molecule has 1 atom stereocenters. The Labute approximate surface area is 111 Å². The minimum atomic E-state index is -0.479. The van der Waals surface area contributed by atoms with Crippen LogP contribution in [0.1, 0.15) is 30.0 Å². The SMILES string of the molecule is Oc1ccc2c(c1)C(Nc1ccc(F)nc1)CCC2. The summed E-state index contributed by atoms with van der Waals surface area (Å²) in [6, 6.07) is 8.67. The van der Waals surface area contributed by atoms with Crippen molar-refractivity contribution in [3.63, 3.8) is 0 Å². The summed E-state index contributed by atoms with van der Waals surface area (Å²) in [6.45, 7) is 0. The minimum absolute atomic E-state index is 0.142. The zero-order chi connectivity index (χ0) is 13.2. The number of anilines is 1. The molecule has 0 spiro atoms. The molecule has 1 aliphatic rings. The van der Waals surface area contributed by atoms with E-state index in [4.69, 9.17) is 0 Å². The molecule has 19 heavy (non-hydrogen) atoms. The standard InChI is InChI=1S/C15H15FN2O/c16-15-7-5-11(9-17-15)18-14-3-1-2-10-4-6-12(19)8-13(10)14/h4-9,14,18-19H,1-3H2. The molecule has 1 unspecified atom stereocenters. The quantitative estimate of drug-likeness (QED) is 0.811. The molecule has 0 radical (unpaired) electrons. The molecule has 1 heterocycles. The van der Waals surface area contributed by atoms with Crippen LogP contribution < -0.4 is 5.32 Å². The Morgan fingerprint density at radius 2 is 2.16 bits per heavy atom. The van der Waals surface area contributed by atoms with Gasteiger partial charge in [-0.15, -0.1) is 0 Å². The Balaban J connectivity index is 1.87. The topological polar surface area (TPSA) is 45.1 Å². The molecule has 0 saturated heterocycles. The van der Waals surface area contributed by atoms with Crippen LogP contribution in [0.15, 0.2) is 36.5 Å². The molecule has 4 heteroatoms. The Hall–Kier alpha value is -2.10. The average Bonchev–Trinajstić information content (AvgIpc) is 2.42. The van der Waals surface area contributed by atoms with Gasteiger partial charge in [-0.25, -0.2) is 4.98 Å². The van der Waals surface area contributed by atoms with E-state index < -0.39 is 5.95 Å². The number of benzene rings is 1. The number of pyridine rings is 1. The Morgan fingerprint density at radius 3 is 2.95 bits per heavy atom. The summed E-state index contributed by atoms with van der Waals surface area (Å²) < 4.78 is 12.8. The molecule has 1 aromatic heterocycles. The monoisotopic (exact) mass is 258 g/mol. The van der Waals surface area contributed by atoms with Crippen LogP contribution in [0, 0.1) is 5.95 Å². The first-order valence-corrected chi connectivity index (χ1v) is 6.42. The third-order valence-corrected chi connectivity index (χ3v) is 3.51. The van der Waals surface area contributed by atoms with E-state index in [1.165, 1.54) is 17.8 Å². The Morgan fingerprint density at radius 1 is 1.26 bits per heavy atom. The molecule has 3 nitrogen and oxygen atoms in total. The summed E-state index contributed by atoms with van der Waals surface area (Å²) in [5, 5.41) is 13.0. The molecule has 0 amide bonds. The van der Waals surface area contributed by atoms with Crippen LogP contribution in [-0.4, -0.2) is 10.1 Å². The van der Waals surface area contributed by atoms with Gasteiger partial charge in [0.25, 0.3) is 0 Å². The van der Waals surface area contributed by atoms with Gasteiger partial charge in [-0.05, 0) is 54.7 Å². The zero-order valence-corrected chi connectivity index (χ0v) is 10.4. The summed E-state index contributed by atoms with van der Waals surface area (Å²) in [6.07, 6.45) is 4.62. The van der Waals surface area contributed by atoms with E-state index in [2.05, 4.69) is 10.3 Å². The summed E-state index contributed by atoms with van der Waals surface area (Å²) in [4.78, 5) is 3.64. The van der Waals surface area contributed by atoms with Gasteiger partial charge in [0.2, 0.25) is 5.95 Å². The predicted molar refractivity (Wildman–Crippen MR) is 71.6 cm³/mol. The van der Waals surface area contributed by atoms with Crippen molar-refractivity contribution in [3.05, 3.63) is 53.6 Å². The number of aromatic hydroxyl groups is 1. The lowest BCUT2D eigenvalue weighted by Gasteiger charge is -2.27. The molecular formula is C15H15FN2O. The number of phenols is 1. The largest absolute Gasteiger partial charge is 0.508 e. The van der Waals surface area contributed by atoms with Crippen molar-refractivity contribution in [1.82, 2.24) is 4.98 Å². The minimum Gasteiger partial charge on any atom is -0.508 e. The Bertz CT molecular complexity index is 583. The number of nitrogens with one attached hydrogen (secondary N) is 1. The van der Waals surface area contributed by atoms with Gasteiger partial charge in [0.1, 0.15) is 5.75 Å². The maximum absolute atomic E-state index is 12.8. The van der Waals surface area contributed by atoms with Crippen molar-refractivity contribution >= 4 is 5.69 Å². The van der Waals surface area contributed by atoms with Crippen LogP contribution >= 0.6 is 0 Å². The predicted octanol–water partition coefficient (Wildman–Crippen LogP) is 3.42. The summed E-state index contributed by atoms with van der Waals surface area (Å²) in [5.74, 6) is -0.197. The maximum atomic E-state index is 12.8. The number of phenolic OH excluding ortho intramolecular Hbond substituents is 1. The second-order valence-corrected chi connectivity index (χ2v) is 4.84. The van der Waals surface area contributed by atoms with Crippen molar-refractivity contribution in [1.29, 1.82) is 0 Å². The second-order valence-electron chi connectivity index (χ2n) is 4.84. The highest BCUT2D eigenvalue weighted by atomic mass is 19.1. The van der Waals surface area contributed by atoms with Crippen LogP contribution in [0.5, 0.6) is 5.75 Å². The molecule has 2 N–H and O–H groups in total. The van der Waals surface area contributed by atoms with Crippen molar-refractivity contribution in [2.75, 3.05) is 5.32 Å². The number of aryl methyl sites for hydroxylation is 1. The number of aromatic nitrogens is 1. The zero-order valence-electron chi connectivity index (χ0n) is 10.4. The fourth-order valence-electron chi connectivity index (χ4n) is 2.60. The summed E-state index contributed by atoms with van der Waals surface area (Å²) in [7, 11) is 0. The van der Waals surface area contributed by atoms with E-state index in [0.29, 0.717) is 0 Å². The van der Waals surface area contributed by atoms with E-state index in [1.54, 1.807) is 12.1 Å². The highest BCUT2D eigenvalue weighted by Gasteiger charge is 2.20. The molecule has 98 valence electrons. The van der Waals surface area contributed by atoms with E-state index in [0.717, 1.165) is 30.5 Å². The fraction of sp³-hybridized carbons (Fsp3) is 0.267. The molecule has 2 aromatic rings. The molecule has 0 bridgehead atoms. The number of fused-ring (bicyclic) bond motifs is 1. The van der Waals surface area contributed by atoms with E-state index in [9.17, 15) is 9.50 Å². The third-order valence-electron chi connectivity index (χ3n) is 3.51. The van der Waals surface area contributed by atoms with Gasteiger partial charge in [0, 0.05) is 0 Å². The molecular weight excluding hydrogens is 243 g/mol. The summed E-state index contributed by atoms with van der Waals surface area (Å²) in [5.41, 5.74) is 3.18. The van der Waals surface area contributed by atoms with Crippen LogP contribution in [0.2, 0.25) is 0 Å². The molecule has 3 rings (SSSR count). The highest BCUT2D eigenvalue weighted by molar-refractivity contribution is 5.47. The van der Waals surface area contributed by atoms with Gasteiger partial charge in [0.15, 0.2) is 0 Å². The van der Waals surface area contributed by atoms with E-state index in [-0.39, 0.29) is 11.8 Å². The van der Waals surface area contributed by atoms with Gasteiger partial charge < -0.3 is 10.4 Å².